The molecule has 0 radical (unpaired) electrons. The van der Waals surface area contributed by atoms with Crippen molar-refractivity contribution >= 4 is 26.8 Å². The topological polar surface area (TPSA) is 99.7 Å². The molecule has 1 rings (SSSR count). The summed E-state index contributed by atoms with van der Waals surface area (Å²) in [4.78, 5) is 40.4. The number of carbonyl (C=O) groups excluding carboxylic acids is 3. The summed E-state index contributed by atoms with van der Waals surface area (Å²) in [5.74, 6) is 0. The molecule has 0 saturated carbocycles. The molecule has 1 heterocycles. The Labute approximate surface area is 160 Å². The third-order valence-electron chi connectivity index (χ3n) is 4.23. The molecule has 0 N–H and O–H groups in total. The van der Waals surface area contributed by atoms with Gasteiger partial charge in [-0.25, -0.2) is 0 Å². The molecule has 3 amide bonds. The largest absolute Gasteiger partial charge is 0.344 e. The first-order valence-electron chi connectivity index (χ1n) is 9.18. The van der Waals surface area contributed by atoms with E-state index in [1.54, 1.807) is 28.5 Å². The van der Waals surface area contributed by atoms with Crippen molar-refractivity contribution in [3.05, 3.63) is 0 Å². The number of hydrogen-bond donors (Lipinski definition) is 0. The standard InChI is InChI=1S/C16H31N4O6P/c1-3-25-27(24,26-4-2)16-20-11-9-18(14-22)7-5-17(13-21)6-8-19(15-23)10-12-20/h13-15H,3-12,16H2,1-2H3. The molecule has 0 aromatic carbocycles. The molecular weight excluding hydrogens is 375 g/mol. The van der Waals surface area contributed by atoms with Gasteiger partial charge in [-0.2, -0.15) is 0 Å². The predicted octanol–water partition coefficient (Wildman–Crippen LogP) is -0.0992. The summed E-state index contributed by atoms with van der Waals surface area (Å²) in [6, 6.07) is 0. The van der Waals surface area contributed by atoms with Crippen molar-refractivity contribution in [1.82, 2.24) is 19.6 Å². The highest BCUT2D eigenvalue weighted by Gasteiger charge is 2.27. The quantitative estimate of drug-likeness (QED) is 0.389. The molecule has 0 spiro atoms. The molecule has 1 fully saturated rings. The van der Waals surface area contributed by atoms with E-state index in [2.05, 4.69) is 0 Å². The van der Waals surface area contributed by atoms with Crippen LogP contribution in [0.4, 0.5) is 0 Å². The lowest BCUT2D eigenvalue weighted by atomic mass is 10.4. The fourth-order valence-electron chi connectivity index (χ4n) is 2.72. The second kappa shape index (κ2) is 12.8. The van der Waals surface area contributed by atoms with Gasteiger partial charge in [-0.1, -0.05) is 0 Å². The van der Waals surface area contributed by atoms with E-state index in [9.17, 15) is 18.9 Å². The number of rotatable bonds is 9. The molecule has 0 aromatic heterocycles. The third kappa shape index (κ3) is 8.83. The average molecular weight is 406 g/mol. The number of hydrogen-bond acceptors (Lipinski definition) is 7. The predicted molar refractivity (Wildman–Crippen MR) is 100 cm³/mol. The van der Waals surface area contributed by atoms with Crippen LogP contribution >= 0.6 is 7.60 Å². The van der Waals surface area contributed by atoms with Crippen molar-refractivity contribution < 1.29 is 28.0 Å². The van der Waals surface area contributed by atoms with Crippen LogP contribution in [0.25, 0.3) is 0 Å². The van der Waals surface area contributed by atoms with Gasteiger partial charge in [0.15, 0.2) is 0 Å². The molecule has 1 saturated heterocycles. The SMILES string of the molecule is CCOP(=O)(CN1CCN(C=O)CCN(C=O)CCN(C=O)CC1)OCC. The van der Waals surface area contributed by atoms with E-state index < -0.39 is 7.60 Å². The second-order valence-corrected chi connectivity index (χ2v) is 8.15. The zero-order valence-corrected chi connectivity index (χ0v) is 17.1. The summed E-state index contributed by atoms with van der Waals surface area (Å²) in [5.41, 5.74) is 0. The van der Waals surface area contributed by atoms with Crippen LogP contribution in [-0.2, 0) is 28.0 Å². The van der Waals surface area contributed by atoms with Gasteiger partial charge in [0.1, 0.15) is 6.29 Å². The van der Waals surface area contributed by atoms with Gasteiger partial charge in [0.2, 0.25) is 19.2 Å². The summed E-state index contributed by atoms with van der Waals surface area (Å²) in [6.45, 7) is 7.36. The molecule has 27 heavy (non-hydrogen) atoms. The monoisotopic (exact) mass is 406 g/mol. The zero-order chi connectivity index (χ0) is 20.1. The molecule has 0 aliphatic carbocycles. The van der Waals surface area contributed by atoms with Gasteiger partial charge in [0.05, 0.1) is 13.2 Å². The van der Waals surface area contributed by atoms with Crippen molar-refractivity contribution in [1.29, 1.82) is 0 Å². The fraction of sp³-hybridized carbons (Fsp3) is 0.812. The maximum absolute atomic E-state index is 12.8. The Morgan fingerprint density at radius 1 is 0.704 bits per heavy atom. The second-order valence-electron chi connectivity index (χ2n) is 6.13. The smallest absolute Gasteiger partial charge is 0.342 e. The summed E-state index contributed by atoms with van der Waals surface area (Å²) in [5, 5.41) is 0. The van der Waals surface area contributed by atoms with Crippen LogP contribution in [0.15, 0.2) is 0 Å². The highest BCUT2D eigenvalue weighted by Crippen LogP contribution is 2.48. The van der Waals surface area contributed by atoms with Crippen molar-refractivity contribution in [3.63, 3.8) is 0 Å². The molecule has 1 aliphatic rings. The van der Waals surface area contributed by atoms with Crippen LogP contribution in [-0.4, -0.2) is 111 Å². The minimum Gasteiger partial charge on any atom is -0.342 e. The number of amides is 3. The minimum absolute atomic E-state index is 0.0918. The molecule has 11 heteroatoms. The number of nitrogens with zero attached hydrogens (tertiary/aromatic N) is 4. The third-order valence-corrected chi connectivity index (χ3v) is 6.28. The van der Waals surface area contributed by atoms with Gasteiger partial charge in [-0.15, -0.1) is 0 Å². The summed E-state index contributed by atoms with van der Waals surface area (Å²) >= 11 is 0. The lowest BCUT2D eigenvalue weighted by molar-refractivity contribution is -0.123. The van der Waals surface area contributed by atoms with E-state index in [1.165, 1.54) is 0 Å². The van der Waals surface area contributed by atoms with Gasteiger partial charge in [0.25, 0.3) is 0 Å². The Bertz CT molecular complexity index is 475. The van der Waals surface area contributed by atoms with Crippen LogP contribution in [0.3, 0.4) is 0 Å². The minimum atomic E-state index is -3.28. The first kappa shape index (κ1) is 23.6. The molecule has 156 valence electrons. The van der Waals surface area contributed by atoms with E-state index in [-0.39, 0.29) is 19.5 Å². The van der Waals surface area contributed by atoms with Gasteiger partial charge in [-0.3, -0.25) is 23.8 Å². The highest BCUT2D eigenvalue weighted by molar-refractivity contribution is 7.53. The van der Waals surface area contributed by atoms with Crippen molar-refractivity contribution in [2.24, 2.45) is 0 Å². The summed E-state index contributed by atoms with van der Waals surface area (Å²) in [6.07, 6.45) is 2.31. The van der Waals surface area contributed by atoms with Crippen LogP contribution in [0.2, 0.25) is 0 Å². The lowest BCUT2D eigenvalue weighted by Gasteiger charge is -2.32. The molecule has 0 atom stereocenters. The summed E-state index contributed by atoms with van der Waals surface area (Å²) in [7, 11) is -3.28. The molecular formula is C16H31N4O6P. The lowest BCUT2D eigenvalue weighted by Crippen LogP contribution is -2.45. The first-order chi connectivity index (χ1) is 13.0. The van der Waals surface area contributed by atoms with Crippen LogP contribution in [0.5, 0.6) is 0 Å². The fourth-order valence-corrected chi connectivity index (χ4v) is 4.51. The highest BCUT2D eigenvalue weighted by atomic mass is 31.2. The first-order valence-corrected chi connectivity index (χ1v) is 10.9. The summed E-state index contributed by atoms with van der Waals surface area (Å²) < 4.78 is 23.6. The number of carbonyl (C=O) groups is 3. The molecule has 0 bridgehead atoms. The maximum Gasteiger partial charge on any atom is 0.344 e. The molecule has 0 aromatic rings. The Morgan fingerprint density at radius 2 is 1.04 bits per heavy atom. The normalized spacial score (nSPS) is 18.5. The van der Waals surface area contributed by atoms with Gasteiger partial charge in [0, 0.05) is 52.4 Å². The molecule has 10 nitrogen and oxygen atoms in total. The molecule has 1 aliphatic heterocycles. The van der Waals surface area contributed by atoms with E-state index in [0.29, 0.717) is 52.4 Å². The Balaban J connectivity index is 2.86. The van der Waals surface area contributed by atoms with Gasteiger partial charge >= 0.3 is 7.60 Å². The molecule has 0 unspecified atom stereocenters. The van der Waals surface area contributed by atoms with Crippen LogP contribution < -0.4 is 0 Å². The Kier molecular flexibility index (Phi) is 11.2. The van der Waals surface area contributed by atoms with E-state index >= 15 is 0 Å². The maximum atomic E-state index is 12.8. The van der Waals surface area contributed by atoms with E-state index in [4.69, 9.17) is 9.05 Å². The Morgan fingerprint density at radius 3 is 1.33 bits per heavy atom. The van der Waals surface area contributed by atoms with Crippen LogP contribution in [0.1, 0.15) is 13.8 Å². The van der Waals surface area contributed by atoms with Gasteiger partial charge in [-0.05, 0) is 13.8 Å². The van der Waals surface area contributed by atoms with Crippen molar-refractivity contribution in [2.45, 2.75) is 13.8 Å². The van der Waals surface area contributed by atoms with E-state index in [1.807, 2.05) is 4.90 Å². The van der Waals surface area contributed by atoms with E-state index in [0.717, 1.165) is 19.2 Å². The van der Waals surface area contributed by atoms with Crippen molar-refractivity contribution in [3.8, 4) is 0 Å². The van der Waals surface area contributed by atoms with Gasteiger partial charge < -0.3 is 23.7 Å². The van der Waals surface area contributed by atoms with Crippen LogP contribution in [0, 0.1) is 0 Å². The zero-order valence-electron chi connectivity index (χ0n) is 16.2. The average Bonchev–Trinajstić information content (AvgIpc) is 2.64. The van der Waals surface area contributed by atoms with Crippen molar-refractivity contribution in [2.75, 3.05) is 71.9 Å². The Hall–Kier alpha value is -1.48.